The summed E-state index contributed by atoms with van der Waals surface area (Å²) in [7, 11) is 0. The third kappa shape index (κ3) is 7.38. The highest BCUT2D eigenvalue weighted by Crippen LogP contribution is 2.05. The van der Waals surface area contributed by atoms with Gasteiger partial charge in [0.25, 0.3) is 0 Å². The Morgan fingerprint density at radius 1 is 1.32 bits per heavy atom. The summed E-state index contributed by atoms with van der Waals surface area (Å²) in [5, 5.41) is 3.61. The van der Waals surface area contributed by atoms with Gasteiger partial charge in [-0.2, -0.15) is 0 Å². The summed E-state index contributed by atoms with van der Waals surface area (Å²) in [5.74, 6) is 1.05. The third-order valence-electron chi connectivity index (χ3n) is 3.57. The van der Waals surface area contributed by atoms with Crippen LogP contribution in [0.15, 0.2) is 22.8 Å². The molecule has 1 aromatic heterocycles. The second-order valence-corrected chi connectivity index (χ2v) is 5.30. The minimum absolute atomic E-state index is 0.633. The van der Waals surface area contributed by atoms with Crippen molar-refractivity contribution in [1.29, 1.82) is 0 Å². The van der Waals surface area contributed by atoms with Gasteiger partial charge >= 0.3 is 0 Å². The summed E-state index contributed by atoms with van der Waals surface area (Å²) in [4.78, 5) is 2.41. The fraction of sp³-hybridized carbons (Fsp3) is 0.750. The molecule has 0 radical (unpaired) electrons. The van der Waals surface area contributed by atoms with Gasteiger partial charge in [0.15, 0.2) is 0 Å². The molecule has 1 unspecified atom stereocenters. The van der Waals surface area contributed by atoms with Crippen molar-refractivity contribution < 1.29 is 4.42 Å². The Kier molecular flexibility index (Phi) is 8.59. The monoisotopic (exact) mass is 266 g/mol. The van der Waals surface area contributed by atoms with Gasteiger partial charge in [0, 0.05) is 19.1 Å². The Hall–Kier alpha value is -0.800. The molecule has 0 saturated carbocycles. The molecule has 19 heavy (non-hydrogen) atoms. The van der Waals surface area contributed by atoms with Crippen LogP contribution in [-0.2, 0) is 6.54 Å². The van der Waals surface area contributed by atoms with Crippen molar-refractivity contribution in [3.05, 3.63) is 24.2 Å². The molecule has 3 nitrogen and oxygen atoms in total. The van der Waals surface area contributed by atoms with Gasteiger partial charge in [0.2, 0.25) is 0 Å². The Bertz CT molecular complexity index is 298. The summed E-state index contributed by atoms with van der Waals surface area (Å²) in [6, 6.07) is 4.63. The van der Waals surface area contributed by atoms with E-state index in [0.29, 0.717) is 6.04 Å². The van der Waals surface area contributed by atoms with Crippen LogP contribution in [0.25, 0.3) is 0 Å². The molecule has 1 aromatic rings. The van der Waals surface area contributed by atoms with Crippen LogP contribution in [0, 0.1) is 0 Å². The summed E-state index contributed by atoms with van der Waals surface area (Å²) >= 11 is 0. The van der Waals surface area contributed by atoms with Crippen molar-refractivity contribution in [3.63, 3.8) is 0 Å². The third-order valence-corrected chi connectivity index (χ3v) is 3.57. The lowest BCUT2D eigenvalue weighted by atomic mass is 10.1. The quantitative estimate of drug-likeness (QED) is 0.620. The molecule has 0 saturated heterocycles. The number of furan rings is 1. The first-order valence-corrected chi connectivity index (χ1v) is 7.74. The van der Waals surface area contributed by atoms with Gasteiger partial charge in [0.05, 0.1) is 12.8 Å². The van der Waals surface area contributed by atoms with Crippen molar-refractivity contribution in [3.8, 4) is 0 Å². The predicted molar refractivity (Wildman–Crippen MR) is 81.3 cm³/mol. The Morgan fingerprint density at radius 2 is 2.16 bits per heavy atom. The number of rotatable bonds is 11. The largest absolute Gasteiger partial charge is 0.468 e. The smallest absolute Gasteiger partial charge is 0.117 e. The van der Waals surface area contributed by atoms with Crippen LogP contribution >= 0.6 is 0 Å². The molecule has 110 valence electrons. The molecule has 0 bridgehead atoms. The predicted octanol–water partition coefficient (Wildman–Crippen LogP) is 3.66. The minimum atomic E-state index is 0.633. The number of unbranched alkanes of at least 4 members (excludes halogenated alkanes) is 2. The number of nitrogens with one attached hydrogen (secondary N) is 1. The molecule has 0 fully saturated rings. The standard InChI is InChI=1S/C16H30N2O/c1-4-6-7-9-15(3)17-11-12-18(5-2)14-16-10-8-13-19-16/h8,10,13,15,17H,4-7,9,11-12,14H2,1-3H3. The van der Waals surface area contributed by atoms with Crippen molar-refractivity contribution >= 4 is 0 Å². The van der Waals surface area contributed by atoms with E-state index in [1.165, 1.54) is 25.7 Å². The van der Waals surface area contributed by atoms with Crippen molar-refractivity contribution in [1.82, 2.24) is 10.2 Å². The maximum absolute atomic E-state index is 5.40. The van der Waals surface area contributed by atoms with Crippen LogP contribution < -0.4 is 5.32 Å². The summed E-state index contributed by atoms with van der Waals surface area (Å²) in [6.45, 7) is 10.9. The minimum Gasteiger partial charge on any atom is -0.468 e. The average Bonchev–Trinajstić information content (AvgIpc) is 2.91. The Morgan fingerprint density at radius 3 is 2.79 bits per heavy atom. The van der Waals surface area contributed by atoms with Gasteiger partial charge in [-0.25, -0.2) is 0 Å². The average molecular weight is 266 g/mol. The van der Waals surface area contributed by atoms with E-state index >= 15 is 0 Å². The van der Waals surface area contributed by atoms with Crippen LogP contribution in [0.2, 0.25) is 0 Å². The normalized spacial score (nSPS) is 13.1. The molecule has 0 amide bonds. The summed E-state index contributed by atoms with van der Waals surface area (Å²) in [5.41, 5.74) is 0. The lowest BCUT2D eigenvalue weighted by Crippen LogP contribution is -2.35. The van der Waals surface area contributed by atoms with Crippen molar-refractivity contribution in [2.45, 2.75) is 59.0 Å². The SMILES string of the molecule is CCCCCC(C)NCCN(CC)Cc1ccco1. The maximum atomic E-state index is 5.40. The summed E-state index contributed by atoms with van der Waals surface area (Å²) in [6.07, 6.45) is 7.04. The van der Waals surface area contributed by atoms with Gasteiger partial charge in [-0.3, -0.25) is 4.90 Å². The Labute approximate surface area is 118 Å². The molecule has 3 heteroatoms. The van der Waals surface area contributed by atoms with E-state index < -0.39 is 0 Å². The molecule has 0 spiro atoms. The van der Waals surface area contributed by atoms with E-state index in [0.717, 1.165) is 31.9 Å². The zero-order chi connectivity index (χ0) is 13.9. The lowest BCUT2D eigenvalue weighted by Gasteiger charge is -2.21. The van der Waals surface area contributed by atoms with Crippen LogP contribution in [-0.4, -0.2) is 30.6 Å². The topological polar surface area (TPSA) is 28.4 Å². The van der Waals surface area contributed by atoms with E-state index in [-0.39, 0.29) is 0 Å². The number of nitrogens with zero attached hydrogens (tertiary/aromatic N) is 1. The van der Waals surface area contributed by atoms with E-state index in [2.05, 4.69) is 31.0 Å². The second-order valence-electron chi connectivity index (χ2n) is 5.30. The molecular weight excluding hydrogens is 236 g/mol. The highest BCUT2D eigenvalue weighted by atomic mass is 16.3. The molecule has 0 aromatic carbocycles. The molecule has 0 aliphatic rings. The van der Waals surface area contributed by atoms with E-state index in [1.807, 2.05) is 12.1 Å². The van der Waals surface area contributed by atoms with Crippen LogP contribution in [0.5, 0.6) is 0 Å². The molecule has 1 rings (SSSR count). The van der Waals surface area contributed by atoms with Crippen molar-refractivity contribution in [2.24, 2.45) is 0 Å². The van der Waals surface area contributed by atoms with Crippen LogP contribution in [0.4, 0.5) is 0 Å². The van der Waals surface area contributed by atoms with Crippen LogP contribution in [0.1, 0.15) is 52.2 Å². The summed E-state index contributed by atoms with van der Waals surface area (Å²) < 4.78 is 5.40. The lowest BCUT2D eigenvalue weighted by molar-refractivity contribution is 0.251. The van der Waals surface area contributed by atoms with E-state index in [9.17, 15) is 0 Å². The first-order valence-electron chi connectivity index (χ1n) is 7.74. The highest BCUT2D eigenvalue weighted by Gasteiger charge is 2.06. The van der Waals surface area contributed by atoms with Gasteiger partial charge in [0.1, 0.15) is 5.76 Å². The second kappa shape index (κ2) is 10.0. The van der Waals surface area contributed by atoms with E-state index in [1.54, 1.807) is 6.26 Å². The fourth-order valence-corrected chi connectivity index (χ4v) is 2.24. The first-order chi connectivity index (χ1) is 9.26. The maximum Gasteiger partial charge on any atom is 0.117 e. The van der Waals surface area contributed by atoms with Crippen LogP contribution in [0.3, 0.4) is 0 Å². The van der Waals surface area contributed by atoms with E-state index in [4.69, 9.17) is 4.42 Å². The molecule has 1 heterocycles. The zero-order valence-electron chi connectivity index (χ0n) is 12.8. The highest BCUT2D eigenvalue weighted by molar-refractivity contribution is 4.97. The van der Waals surface area contributed by atoms with Crippen molar-refractivity contribution in [2.75, 3.05) is 19.6 Å². The Balaban J connectivity index is 2.11. The zero-order valence-corrected chi connectivity index (χ0v) is 12.8. The molecule has 0 aliphatic carbocycles. The number of likely N-dealkylation sites (N-methyl/N-ethyl adjacent to an activating group) is 1. The molecule has 0 aliphatic heterocycles. The van der Waals surface area contributed by atoms with Gasteiger partial charge < -0.3 is 9.73 Å². The molecular formula is C16H30N2O. The fourth-order valence-electron chi connectivity index (χ4n) is 2.24. The molecule has 1 N–H and O–H groups in total. The first kappa shape index (κ1) is 16.3. The van der Waals surface area contributed by atoms with Gasteiger partial charge in [-0.15, -0.1) is 0 Å². The number of hydrogen-bond acceptors (Lipinski definition) is 3. The van der Waals surface area contributed by atoms with Gasteiger partial charge in [-0.05, 0) is 32.0 Å². The molecule has 1 atom stereocenters. The van der Waals surface area contributed by atoms with Gasteiger partial charge in [-0.1, -0.05) is 33.1 Å². The number of hydrogen-bond donors (Lipinski definition) is 1.